The fourth-order valence-electron chi connectivity index (χ4n) is 4.60. The summed E-state index contributed by atoms with van der Waals surface area (Å²) in [6.45, 7) is 7.04. The summed E-state index contributed by atoms with van der Waals surface area (Å²) in [4.78, 5) is 13.3. The van der Waals surface area contributed by atoms with Crippen molar-refractivity contribution >= 4 is 15.9 Å². The Bertz CT molecular complexity index is 1090. The van der Waals surface area contributed by atoms with Crippen molar-refractivity contribution in [1.29, 1.82) is 0 Å². The van der Waals surface area contributed by atoms with E-state index in [0.29, 0.717) is 24.6 Å². The van der Waals surface area contributed by atoms with Crippen LogP contribution in [0.3, 0.4) is 0 Å². The fourth-order valence-corrected chi connectivity index (χ4v) is 6.10. The second kappa shape index (κ2) is 8.75. The molecule has 0 saturated carbocycles. The molecule has 1 unspecified atom stereocenters. The van der Waals surface area contributed by atoms with Crippen LogP contribution in [0.5, 0.6) is 0 Å². The molecule has 0 bridgehead atoms. The van der Waals surface area contributed by atoms with Gasteiger partial charge in [0.15, 0.2) is 0 Å². The van der Waals surface area contributed by atoms with Crippen molar-refractivity contribution < 1.29 is 13.2 Å². The average molecular weight is 441 g/mol. The average Bonchev–Trinajstić information content (AvgIpc) is 3.22. The number of benzene rings is 2. The van der Waals surface area contributed by atoms with E-state index in [2.05, 4.69) is 30.4 Å². The van der Waals surface area contributed by atoms with E-state index in [1.165, 1.54) is 23.6 Å². The van der Waals surface area contributed by atoms with Crippen LogP contribution in [0.1, 0.15) is 71.8 Å². The minimum Gasteiger partial charge on any atom is -0.346 e. The Balaban J connectivity index is 1.53. The van der Waals surface area contributed by atoms with E-state index in [9.17, 15) is 13.2 Å². The van der Waals surface area contributed by atoms with Crippen LogP contribution in [0, 0.1) is 12.8 Å². The highest BCUT2D eigenvalue weighted by molar-refractivity contribution is 7.89. The molecule has 0 radical (unpaired) electrons. The maximum atomic E-state index is 13.1. The molecule has 6 heteroatoms. The van der Waals surface area contributed by atoms with Crippen LogP contribution in [0.15, 0.2) is 41.3 Å². The zero-order valence-corrected chi connectivity index (χ0v) is 19.5. The quantitative estimate of drug-likeness (QED) is 0.750. The van der Waals surface area contributed by atoms with Gasteiger partial charge in [-0.15, -0.1) is 0 Å². The first-order valence-electron chi connectivity index (χ1n) is 11.3. The number of amides is 1. The van der Waals surface area contributed by atoms with Crippen molar-refractivity contribution in [1.82, 2.24) is 9.62 Å². The summed E-state index contributed by atoms with van der Waals surface area (Å²) in [5.74, 6) is 0.307. The van der Waals surface area contributed by atoms with Gasteiger partial charge in [0.25, 0.3) is 5.91 Å². The molecule has 2 aromatic rings. The summed E-state index contributed by atoms with van der Waals surface area (Å²) in [6, 6.07) is 11.2. The molecule has 2 aromatic carbocycles. The van der Waals surface area contributed by atoms with Gasteiger partial charge < -0.3 is 5.32 Å². The van der Waals surface area contributed by atoms with Gasteiger partial charge in [0, 0.05) is 18.7 Å². The van der Waals surface area contributed by atoms with Gasteiger partial charge in [0.1, 0.15) is 0 Å². The number of hydrogen-bond donors (Lipinski definition) is 1. The molecule has 1 aliphatic heterocycles. The minimum absolute atomic E-state index is 0.151. The van der Waals surface area contributed by atoms with Crippen LogP contribution in [0.25, 0.3) is 0 Å². The number of sulfonamides is 1. The Morgan fingerprint density at radius 3 is 2.52 bits per heavy atom. The van der Waals surface area contributed by atoms with Crippen molar-refractivity contribution in [3.8, 4) is 0 Å². The van der Waals surface area contributed by atoms with E-state index in [1.807, 2.05) is 13.8 Å². The van der Waals surface area contributed by atoms with Crippen molar-refractivity contribution in [2.45, 2.75) is 63.8 Å². The Hall–Kier alpha value is -2.18. The third kappa shape index (κ3) is 4.55. The first kappa shape index (κ1) is 22.0. The number of piperidine rings is 1. The second-order valence-electron chi connectivity index (χ2n) is 9.14. The summed E-state index contributed by atoms with van der Waals surface area (Å²) < 4.78 is 27.8. The number of rotatable bonds is 5. The van der Waals surface area contributed by atoms with Gasteiger partial charge >= 0.3 is 0 Å². The Morgan fingerprint density at radius 1 is 1.06 bits per heavy atom. The number of carbonyl (C=O) groups excluding carboxylic acids is 1. The zero-order chi connectivity index (χ0) is 22.2. The smallest absolute Gasteiger partial charge is 0.252 e. The summed E-state index contributed by atoms with van der Waals surface area (Å²) in [7, 11) is -3.59. The molecule has 1 heterocycles. The standard InChI is InChI=1S/C25H32N2O3S/c1-17-11-13-27(14-12-17)31(29,30)23-10-7-18(2)24(16-23)25(28)26-19(3)21-9-8-20-5-4-6-22(20)15-21/h7-10,15-17,19H,4-6,11-14H2,1-3H3,(H,26,28). The highest BCUT2D eigenvalue weighted by atomic mass is 32.2. The lowest BCUT2D eigenvalue weighted by Gasteiger charge is -2.29. The number of hydrogen-bond acceptors (Lipinski definition) is 3. The molecule has 1 fully saturated rings. The maximum absolute atomic E-state index is 13.1. The monoisotopic (exact) mass is 440 g/mol. The molecule has 0 aromatic heterocycles. The highest BCUT2D eigenvalue weighted by Crippen LogP contribution is 2.27. The molecular weight excluding hydrogens is 408 g/mol. The fraction of sp³-hybridized carbons (Fsp3) is 0.480. The van der Waals surface area contributed by atoms with Crippen molar-refractivity contribution in [2.24, 2.45) is 5.92 Å². The lowest BCUT2D eigenvalue weighted by Crippen LogP contribution is -2.38. The van der Waals surface area contributed by atoms with Gasteiger partial charge in [-0.05, 0) is 86.3 Å². The van der Waals surface area contributed by atoms with Crippen molar-refractivity contribution in [3.05, 3.63) is 64.2 Å². The first-order chi connectivity index (χ1) is 14.8. The Labute approximate surface area is 185 Å². The molecule has 4 rings (SSSR count). The number of fused-ring (bicyclic) bond motifs is 1. The molecule has 1 aliphatic carbocycles. The van der Waals surface area contributed by atoms with Gasteiger partial charge in [-0.3, -0.25) is 4.79 Å². The first-order valence-corrected chi connectivity index (χ1v) is 12.7. The number of nitrogens with one attached hydrogen (secondary N) is 1. The third-order valence-corrected chi connectivity index (χ3v) is 8.70. The van der Waals surface area contributed by atoms with Gasteiger partial charge in [-0.25, -0.2) is 8.42 Å². The van der Waals surface area contributed by atoms with Crippen LogP contribution in [-0.4, -0.2) is 31.7 Å². The molecule has 5 nitrogen and oxygen atoms in total. The molecular formula is C25H32N2O3S. The predicted octanol–water partition coefficient (Wildman–Crippen LogP) is 4.40. The molecule has 2 aliphatic rings. The van der Waals surface area contributed by atoms with Crippen LogP contribution in [-0.2, 0) is 22.9 Å². The maximum Gasteiger partial charge on any atom is 0.252 e. The number of carbonyl (C=O) groups is 1. The highest BCUT2D eigenvalue weighted by Gasteiger charge is 2.29. The lowest BCUT2D eigenvalue weighted by atomic mass is 10.0. The van der Waals surface area contributed by atoms with E-state index in [4.69, 9.17) is 0 Å². The molecule has 1 N–H and O–H groups in total. The Kier molecular flexibility index (Phi) is 6.22. The molecule has 166 valence electrons. The van der Waals surface area contributed by atoms with E-state index >= 15 is 0 Å². The largest absolute Gasteiger partial charge is 0.346 e. The zero-order valence-electron chi connectivity index (χ0n) is 18.6. The predicted molar refractivity (Wildman–Crippen MR) is 123 cm³/mol. The molecule has 1 atom stereocenters. The Morgan fingerprint density at radius 2 is 1.77 bits per heavy atom. The normalized spacial score (nSPS) is 18.5. The molecule has 31 heavy (non-hydrogen) atoms. The van der Waals surface area contributed by atoms with Gasteiger partial charge in [-0.2, -0.15) is 4.31 Å². The van der Waals surface area contributed by atoms with Gasteiger partial charge in [-0.1, -0.05) is 31.2 Å². The van der Waals surface area contributed by atoms with Crippen molar-refractivity contribution in [3.63, 3.8) is 0 Å². The van der Waals surface area contributed by atoms with Crippen LogP contribution in [0.4, 0.5) is 0 Å². The van der Waals surface area contributed by atoms with E-state index in [0.717, 1.165) is 36.8 Å². The van der Waals surface area contributed by atoms with Gasteiger partial charge in [0.05, 0.1) is 10.9 Å². The number of nitrogens with zero attached hydrogens (tertiary/aromatic N) is 1. The van der Waals surface area contributed by atoms with Crippen LogP contribution < -0.4 is 5.32 Å². The van der Waals surface area contributed by atoms with Crippen molar-refractivity contribution in [2.75, 3.05) is 13.1 Å². The van der Waals surface area contributed by atoms with E-state index in [1.54, 1.807) is 16.4 Å². The van der Waals surface area contributed by atoms with Crippen LogP contribution >= 0.6 is 0 Å². The molecule has 0 spiro atoms. The third-order valence-electron chi connectivity index (χ3n) is 6.80. The number of aryl methyl sites for hydroxylation is 3. The molecule has 1 saturated heterocycles. The minimum atomic E-state index is -3.59. The van der Waals surface area contributed by atoms with Crippen LogP contribution in [0.2, 0.25) is 0 Å². The topological polar surface area (TPSA) is 66.5 Å². The summed E-state index contributed by atoms with van der Waals surface area (Å²) in [5.41, 5.74) is 5.05. The summed E-state index contributed by atoms with van der Waals surface area (Å²) in [6.07, 6.45) is 5.16. The van der Waals surface area contributed by atoms with E-state index in [-0.39, 0.29) is 16.8 Å². The molecule has 1 amide bonds. The lowest BCUT2D eigenvalue weighted by molar-refractivity contribution is 0.0939. The van der Waals surface area contributed by atoms with E-state index < -0.39 is 10.0 Å². The summed E-state index contributed by atoms with van der Waals surface area (Å²) >= 11 is 0. The SMILES string of the molecule is Cc1ccc(S(=O)(=O)N2CCC(C)CC2)cc1C(=O)NC(C)c1ccc2c(c1)CCC2. The van der Waals surface area contributed by atoms with Gasteiger partial charge in [0.2, 0.25) is 10.0 Å². The summed E-state index contributed by atoms with van der Waals surface area (Å²) in [5, 5.41) is 3.06. The second-order valence-corrected chi connectivity index (χ2v) is 11.1.